The predicted octanol–water partition coefficient (Wildman–Crippen LogP) is 2.74. The minimum absolute atomic E-state index is 0.179. The highest BCUT2D eigenvalue weighted by Gasteiger charge is 2.06. The molecule has 0 aliphatic carbocycles. The number of aryl methyl sites for hydroxylation is 1. The molecule has 0 fully saturated rings. The molecule has 0 heterocycles. The third-order valence-electron chi connectivity index (χ3n) is 2.31. The summed E-state index contributed by atoms with van der Waals surface area (Å²) < 4.78 is 5.10. The highest BCUT2D eigenvalue weighted by atomic mass is 35.5. The Labute approximate surface area is 95.2 Å². The molecular formula is C12H15ClO2. The second-order valence-corrected chi connectivity index (χ2v) is 3.82. The van der Waals surface area contributed by atoms with Crippen LogP contribution in [0.25, 0.3) is 0 Å². The van der Waals surface area contributed by atoms with E-state index in [0.29, 0.717) is 18.7 Å². The van der Waals surface area contributed by atoms with Crippen LogP contribution in [-0.4, -0.2) is 18.8 Å². The number of benzene rings is 1. The lowest BCUT2D eigenvalue weighted by Gasteiger charge is -2.06. The molecule has 3 heteroatoms. The first-order chi connectivity index (χ1) is 7.17. The molecule has 0 radical (unpaired) electrons. The van der Waals surface area contributed by atoms with Gasteiger partial charge in [0.1, 0.15) is 11.5 Å². The van der Waals surface area contributed by atoms with Crippen LogP contribution in [0.4, 0.5) is 0 Å². The van der Waals surface area contributed by atoms with E-state index in [1.807, 2.05) is 25.1 Å². The Bertz CT molecular complexity index is 347. The number of ketones is 1. The van der Waals surface area contributed by atoms with Crippen molar-refractivity contribution in [3.05, 3.63) is 29.3 Å². The summed E-state index contributed by atoms with van der Waals surface area (Å²) in [4.78, 5) is 11.4. The van der Waals surface area contributed by atoms with E-state index in [-0.39, 0.29) is 5.78 Å². The number of hydrogen-bond donors (Lipinski definition) is 0. The first-order valence-corrected chi connectivity index (χ1v) is 5.42. The molecule has 0 N–H and O–H groups in total. The van der Waals surface area contributed by atoms with Crippen LogP contribution >= 0.6 is 11.6 Å². The normalized spacial score (nSPS) is 10.1. The number of alkyl halides is 1. The fourth-order valence-corrected chi connectivity index (χ4v) is 1.61. The van der Waals surface area contributed by atoms with E-state index < -0.39 is 0 Å². The maximum absolute atomic E-state index is 11.4. The Morgan fingerprint density at radius 2 is 2.20 bits per heavy atom. The predicted molar refractivity (Wildman–Crippen MR) is 61.8 cm³/mol. The average molecular weight is 227 g/mol. The van der Waals surface area contributed by atoms with Gasteiger partial charge < -0.3 is 4.74 Å². The molecule has 0 saturated heterocycles. The lowest BCUT2D eigenvalue weighted by atomic mass is 10.0. The molecule has 0 atom stereocenters. The minimum Gasteiger partial charge on any atom is -0.497 e. The van der Waals surface area contributed by atoms with Crippen molar-refractivity contribution in [2.75, 3.05) is 13.0 Å². The Hall–Kier alpha value is -1.02. The van der Waals surface area contributed by atoms with E-state index >= 15 is 0 Å². The van der Waals surface area contributed by atoms with Crippen LogP contribution in [0.5, 0.6) is 5.75 Å². The van der Waals surface area contributed by atoms with E-state index in [0.717, 1.165) is 16.9 Å². The quantitative estimate of drug-likeness (QED) is 0.722. The van der Waals surface area contributed by atoms with Gasteiger partial charge in [-0.05, 0) is 30.2 Å². The van der Waals surface area contributed by atoms with Crippen LogP contribution in [0, 0.1) is 6.92 Å². The Balaban J connectivity index is 2.73. The van der Waals surface area contributed by atoms with Crippen LogP contribution in [0.3, 0.4) is 0 Å². The van der Waals surface area contributed by atoms with Gasteiger partial charge >= 0.3 is 0 Å². The zero-order chi connectivity index (χ0) is 11.3. The topological polar surface area (TPSA) is 26.3 Å². The molecule has 0 aliphatic rings. The van der Waals surface area contributed by atoms with Crippen molar-refractivity contribution >= 4 is 17.4 Å². The molecule has 82 valence electrons. The Morgan fingerprint density at radius 1 is 1.47 bits per heavy atom. The van der Waals surface area contributed by atoms with E-state index in [9.17, 15) is 4.79 Å². The van der Waals surface area contributed by atoms with Crippen LogP contribution < -0.4 is 4.74 Å². The van der Waals surface area contributed by atoms with Crippen molar-refractivity contribution in [2.24, 2.45) is 0 Å². The Morgan fingerprint density at radius 3 is 2.73 bits per heavy atom. The zero-order valence-electron chi connectivity index (χ0n) is 9.05. The van der Waals surface area contributed by atoms with Gasteiger partial charge in [-0.25, -0.2) is 0 Å². The van der Waals surface area contributed by atoms with Crippen molar-refractivity contribution in [1.29, 1.82) is 0 Å². The van der Waals surface area contributed by atoms with Gasteiger partial charge in [0.2, 0.25) is 0 Å². The van der Waals surface area contributed by atoms with Crippen molar-refractivity contribution in [3.63, 3.8) is 0 Å². The molecule has 0 amide bonds. The summed E-state index contributed by atoms with van der Waals surface area (Å²) in [5.74, 6) is 1.40. The van der Waals surface area contributed by atoms with E-state index in [4.69, 9.17) is 16.3 Å². The molecule has 0 aromatic heterocycles. The maximum Gasteiger partial charge on any atom is 0.138 e. The fraction of sp³-hybridized carbons (Fsp3) is 0.417. The number of carbonyl (C=O) groups excluding carboxylic acids is 1. The number of hydrogen-bond acceptors (Lipinski definition) is 2. The van der Waals surface area contributed by atoms with Gasteiger partial charge in [0.05, 0.1) is 7.11 Å². The number of halogens is 1. The van der Waals surface area contributed by atoms with Gasteiger partial charge in [-0.2, -0.15) is 0 Å². The van der Waals surface area contributed by atoms with E-state index in [1.165, 1.54) is 0 Å². The van der Waals surface area contributed by atoms with Crippen molar-refractivity contribution < 1.29 is 9.53 Å². The number of Topliss-reactive ketones (excluding diaryl/α,β-unsaturated/α-hetero) is 1. The third kappa shape index (κ3) is 3.56. The largest absolute Gasteiger partial charge is 0.497 e. The summed E-state index contributed by atoms with van der Waals surface area (Å²) in [6, 6.07) is 5.74. The van der Waals surface area contributed by atoms with Crippen LogP contribution in [0.2, 0.25) is 0 Å². The molecule has 0 bridgehead atoms. The Kier molecular flexibility index (Phi) is 4.63. The van der Waals surface area contributed by atoms with Gasteiger partial charge in [-0.15, -0.1) is 11.6 Å². The fourth-order valence-electron chi connectivity index (χ4n) is 1.40. The lowest BCUT2D eigenvalue weighted by Crippen LogP contribution is -2.04. The molecule has 1 aromatic carbocycles. The van der Waals surface area contributed by atoms with Crippen LogP contribution in [0.1, 0.15) is 17.5 Å². The molecule has 0 spiro atoms. The number of ether oxygens (including phenoxy) is 1. The second-order valence-electron chi connectivity index (χ2n) is 3.45. The van der Waals surface area contributed by atoms with Gasteiger partial charge in [0.15, 0.2) is 0 Å². The number of methoxy groups -OCH3 is 1. The first kappa shape index (κ1) is 12.1. The molecule has 1 aromatic rings. The third-order valence-corrected chi connectivity index (χ3v) is 2.50. The summed E-state index contributed by atoms with van der Waals surface area (Å²) in [5.41, 5.74) is 2.13. The molecule has 0 aliphatic heterocycles. The standard InChI is InChI=1S/C12H15ClO2/c1-9-7-12(15-2)4-3-10(9)8-11(14)5-6-13/h3-4,7H,5-6,8H2,1-2H3. The minimum atomic E-state index is 0.179. The molecular weight excluding hydrogens is 212 g/mol. The molecule has 2 nitrogen and oxygen atoms in total. The summed E-state index contributed by atoms with van der Waals surface area (Å²) >= 11 is 5.51. The summed E-state index contributed by atoms with van der Waals surface area (Å²) in [7, 11) is 1.63. The first-order valence-electron chi connectivity index (χ1n) is 4.88. The zero-order valence-corrected chi connectivity index (χ0v) is 9.80. The highest BCUT2D eigenvalue weighted by molar-refractivity contribution is 6.19. The number of carbonyl (C=O) groups is 1. The molecule has 15 heavy (non-hydrogen) atoms. The molecule has 0 saturated carbocycles. The average Bonchev–Trinajstić information content (AvgIpc) is 2.21. The maximum atomic E-state index is 11.4. The van der Waals surface area contributed by atoms with E-state index in [1.54, 1.807) is 7.11 Å². The van der Waals surface area contributed by atoms with Crippen LogP contribution in [-0.2, 0) is 11.2 Å². The number of rotatable bonds is 5. The summed E-state index contributed by atoms with van der Waals surface area (Å²) in [5, 5.41) is 0. The summed E-state index contributed by atoms with van der Waals surface area (Å²) in [6.45, 7) is 1.98. The monoisotopic (exact) mass is 226 g/mol. The van der Waals surface area contributed by atoms with E-state index in [2.05, 4.69) is 0 Å². The van der Waals surface area contributed by atoms with Crippen molar-refractivity contribution in [3.8, 4) is 5.75 Å². The van der Waals surface area contributed by atoms with Gasteiger partial charge in [0, 0.05) is 18.7 Å². The van der Waals surface area contributed by atoms with Crippen molar-refractivity contribution in [2.45, 2.75) is 19.8 Å². The van der Waals surface area contributed by atoms with Crippen LogP contribution in [0.15, 0.2) is 18.2 Å². The smallest absolute Gasteiger partial charge is 0.138 e. The molecule has 1 rings (SSSR count). The molecule has 0 unspecified atom stereocenters. The van der Waals surface area contributed by atoms with Gasteiger partial charge in [-0.1, -0.05) is 6.07 Å². The highest BCUT2D eigenvalue weighted by Crippen LogP contribution is 2.17. The summed E-state index contributed by atoms with van der Waals surface area (Å²) in [6.07, 6.45) is 0.898. The lowest BCUT2D eigenvalue weighted by molar-refractivity contribution is -0.118. The van der Waals surface area contributed by atoms with Gasteiger partial charge in [-0.3, -0.25) is 4.79 Å². The van der Waals surface area contributed by atoms with Gasteiger partial charge in [0.25, 0.3) is 0 Å². The van der Waals surface area contributed by atoms with Crippen molar-refractivity contribution in [1.82, 2.24) is 0 Å². The SMILES string of the molecule is COc1ccc(CC(=O)CCCl)c(C)c1. The second kappa shape index (κ2) is 5.76.